The van der Waals surface area contributed by atoms with Gasteiger partial charge in [-0.05, 0) is 18.8 Å². The maximum atomic E-state index is 11.6. The minimum Gasteiger partial charge on any atom is -0.478 e. The summed E-state index contributed by atoms with van der Waals surface area (Å²) in [5.74, 6) is -2.14. The van der Waals surface area contributed by atoms with Gasteiger partial charge in [0, 0.05) is 25.2 Å². The van der Waals surface area contributed by atoms with Gasteiger partial charge in [-0.25, -0.2) is 9.59 Å². The van der Waals surface area contributed by atoms with Crippen molar-refractivity contribution in [1.82, 2.24) is 4.90 Å². The highest BCUT2D eigenvalue weighted by atomic mass is 16.4. The van der Waals surface area contributed by atoms with Crippen molar-refractivity contribution in [2.75, 3.05) is 13.1 Å². The van der Waals surface area contributed by atoms with Crippen LogP contribution in [-0.4, -0.2) is 52.1 Å². The first-order valence-corrected chi connectivity index (χ1v) is 6.44. The number of nitrogens with zero attached hydrogens (tertiary/aromatic N) is 1. The molecule has 114 valence electrons. The third-order valence-corrected chi connectivity index (χ3v) is 2.79. The maximum absolute atomic E-state index is 11.6. The molecule has 0 unspecified atom stereocenters. The van der Waals surface area contributed by atoms with E-state index in [4.69, 9.17) is 15.9 Å². The van der Waals surface area contributed by atoms with Crippen LogP contribution in [0.3, 0.4) is 0 Å². The zero-order valence-corrected chi connectivity index (χ0v) is 11.8. The van der Waals surface area contributed by atoms with Crippen molar-refractivity contribution >= 4 is 17.8 Å². The molecule has 0 aromatic carbocycles. The van der Waals surface area contributed by atoms with E-state index in [1.165, 1.54) is 0 Å². The first-order chi connectivity index (χ1) is 9.25. The maximum Gasteiger partial charge on any atom is 0.328 e. The minimum atomic E-state index is -1.26. The fraction of sp³-hybridized carbons (Fsp3) is 0.615. The van der Waals surface area contributed by atoms with Crippen molar-refractivity contribution in [3.8, 4) is 0 Å². The predicted molar refractivity (Wildman–Crippen MR) is 73.0 cm³/mol. The molecule has 0 spiro atoms. The highest BCUT2D eigenvalue weighted by molar-refractivity contribution is 5.89. The van der Waals surface area contributed by atoms with E-state index in [2.05, 4.69) is 0 Å². The average molecular weight is 286 g/mol. The average Bonchev–Trinajstić information content (AvgIpc) is 2.89. The van der Waals surface area contributed by atoms with E-state index >= 15 is 0 Å². The molecule has 0 saturated carbocycles. The van der Waals surface area contributed by atoms with Crippen LogP contribution < -0.4 is 5.73 Å². The number of hydrogen-bond acceptors (Lipinski definition) is 4. The van der Waals surface area contributed by atoms with Crippen molar-refractivity contribution in [2.45, 2.75) is 32.7 Å². The van der Waals surface area contributed by atoms with Crippen LogP contribution in [0.5, 0.6) is 0 Å². The number of aliphatic carboxylic acids is 2. The molecule has 0 aliphatic carbocycles. The summed E-state index contributed by atoms with van der Waals surface area (Å²) in [6.07, 6.45) is 3.39. The van der Waals surface area contributed by atoms with Gasteiger partial charge < -0.3 is 20.8 Å². The van der Waals surface area contributed by atoms with E-state index in [1.54, 1.807) is 0 Å². The summed E-state index contributed by atoms with van der Waals surface area (Å²) in [6.45, 7) is 5.77. The molecule has 1 fully saturated rings. The lowest BCUT2D eigenvalue weighted by molar-refractivity contribution is -0.134. The fourth-order valence-corrected chi connectivity index (χ4v) is 1.58. The lowest BCUT2D eigenvalue weighted by Gasteiger charge is -2.22. The number of hydrogen-bond donors (Lipinski definition) is 3. The van der Waals surface area contributed by atoms with Crippen molar-refractivity contribution < 1.29 is 24.6 Å². The zero-order chi connectivity index (χ0) is 15.7. The number of carboxylic acids is 2. The molecule has 0 bridgehead atoms. The van der Waals surface area contributed by atoms with Crippen LogP contribution in [-0.2, 0) is 14.4 Å². The summed E-state index contributed by atoms with van der Waals surface area (Å²) in [6, 6.07) is -0.303. The van der Waals surface area contributed by atoms with Crippen molar-refractivity contribution in [2.24, 2.45) is 11.7 Å². The third kappa shape index (κ3) is 7.52. The van der Waals surface area contributed by atoms with Crippen LogP contribution in [0, 0.1) is 5.92 Å². The summed E-state index contributed by atoms with van der Waals surface area (Å²) in [7, 11) is 0. The van der Waals surface area contributed by atoms with Crippen LogP contribution in [0.25, 0.3) is 0 Å². The molecule has 1 amide bonds. The fourth-order valence-electron chi connectivity index (χ4n) is 1.58. The van der Waals surface area contributed by atoms with Gasteiger partial charge >= 0.3 is 11.9 Å². The van der Waals surface area contributed by atoms with Crippen molar-refractivity contribution in [3.05, 3.63) is 12.2 Å². The van der Waals surface area contributed by atoms with E-state index in [9.17, 15) is 14.4 Å². The highest BCUT2D eigenvalue weighted by Gasteiger charge is 2.25. The van der Waals surface area contributed by atoms with Gasteiger partial charge in [0.25, 0.3) is 0 Å². The Morgan fingerprint density at radius 3 is 1.75 bits per heavy atom. The predicted octanol–water partition coefficient (Wildman–Crippen LogP) is 0.304. The second kappa shape index (κ2) is 9.08. The SMILES string of the molecule is CC(C)[C@H](N)C(=O)N1CCCC1.O=C(O)C=CC(=O)O. The highest BCUT2D eigenvalue weighted by Crippen LogP contribution is 2.11. The number of carbonyl (C=O) groups is 3. The van der Waals surface area contributed by atoms with Gasteiger partial charge in [0.1, 0.15) is 0 Å². The van der Waals surface area contributed by atoms with E-state index in [1.807, 2.05) is 18.7 Å². The van der Waals surface area contributed by atoms with Crippen LogP contribution in [0.1, 0.15) is 26.7 Å². The van der Waals surface area contributed by atoms with Gasteiger partial charge in [0.05, 0.1) is 6.04 Å². The summed E-state index contributed by atoms with van der Waals surface area (Å²) in [5, 5.41) is 15.6. The molecule has 4 N–H and O–H groups in total. The van der Waals surface area contributed by atoms with Crippen LogP contribution in [0.4, 0.5) is 0 Å². The molecule has 1 heterocycles. The van der Waals surface area contributed by atoms with Gasteiger partial charge in [0.15, 0.2) is 0 Å². The van der Waals surface area contributed by atoms with E-state index in [0.29, 0.717) is 12.2 Å². The smallest absolute Gasteiger partial charge is 0.328 e. The molecule has 1 atom stereocenters. The number of rotatable bonds is 4. The Labute approximate surface area is 118 Å². The standard InChI is InChI=1S/C9H18N2O.C4H4O4/c1-7(2)8(10)9(12)11-5-3-4-6-11;5-3(6)1-2-4(7)8/h7-8H,3-6,10H2,1-2H3;1-2H,(H,5,6)(H,7,8)/t8-;/m0./s1. The Bertz CT molecular complexity index is 353. The summed E-state index contributed by atoms with van der Waals surface area (Å²) >= 11 is 0. The number of amides is 1. The Balaban J connectivity index is 0.000000396. The molecular formula is C13H22N2O5. The summed E-state index contributed by atoms with van der Waals surface area (Å²) in [5.41, 5.74) is 5.75. The number of nitrogens with two attached hydrogens (primary N) is 1. The van der Waals surface area contributed by atoms with Crippen LogP contribution >= 0.6 is 0 Å². The first kappa shape index (κ1) is 18.1. The van der Waals surface area contributed by atoms with Crippen LogP contribution in [0.2, 0.25) is 0 Å². The monoisotopic (exact) mass is 286 g/mol. The molecule has 1 aliphatic heterocycles. The lowest BCUT2D eigenvalue weighted by atomic mass is 10.0. The minimum absolute atomic E-state index is 0.127. The molecule has 0 aromatic rings. The summed E-state index contributed by atoms with van der Waals surface area (Å²) in [4.78, 5) is 32.6. The number of likely N-dealkylation sites (tertiary alicyclic amines) is 1. The van der Waals surface area contributed by atoms with Crippen molar-refractivity contribution in [3.63, 3.8) is 0 Å². The van der Waals surface area contributed by atoms with Crippen LogP contribution in [0.15, 0.2) is 12.2 Å². The Kier molecular flexibility index (Phi) is 8.23. The van der Waals surface area contributed by atoms with Gasteiger partial charge in [-0.15, -0.1) is 0 Å². The number of carbonyl (C=O) groups excluding carboxylic acids is 1. The van der Waals surface area contributed by atoms with Gasteiger partial charge in [-0.3, -0.25) is 4.79 Å². The second-order valence-corrected chi connectivity index (χ2v) is 4.81. The second-order valence-electron chi connectivity index (χ2n) is 4.81. The number of carboxylic acid groups (broad SMARTS) is 2. The Morgan fingerprint density at radius 1 is 1.05 bits per heavy atom. The van der Waals surface area contributed by atoms with E-state index < -0.39 is 11.9 Å². The Hall–Kier alpha value is -1.89. The molecule has 1 aliphatic rings. The summed E-state index contributed by atoms with van der Waals surface area (Å²) < 4.78 is 0. The van der Waals surface area contributed by atoms with E-state index in [-0.39, 0.29) is 17.9 Å². The molecular weight excluding hydrogens is 264 g/mol. The molecule has 1 rings (SSSR count). The molecule has 1 saturated heterocycles. The van der Waals surface area contributed by atoms with Gasteiger partial charge in [-0.1, -0.05) is 13.8 Å². The van der Waals surface area contributed by atoms with E-state index in [0.717, 1.165) is 25.9 Å². The third-order valence-electron chi connectivity index (χ3n) is 2.79. The molecule has 0 radical (unpaired) electrons. The Morgan fingerprint density at radius 2 is 1.45 bits per heavy atom. The lowest BCUT2D eigenvalue weighted by Crippen LogP contribution is -2.45. The largest absolute Gasteiger partial charge is 0.478 e. The molecule has 20 heavy (non-hydrogen) atoms. The topological polar surface area (TPSA) is 121 Å². The molecule has 7 nitrogen and oxygen atoms in total. The van der Waals surface area contributed by atoms with Gasteiger partial charge in [0.2, 0.25) is 5.91 Å². The quantitative estimate of drug-likeness (QED) is 0.639. The van der Waals surface area contributed by atoms with Crippen molar-refractivity contribution in [1.29, 1.82) is 0 Å². The van der Waals surface area contributed by atoms with Gasteiger partial charge in [-0.2, -0.15) is 0 Å². The first-order valence-electron chi connectivity index (χ1n) is 6.44. The normalized spacial score (nSPS) is 15.9. The zero-order valence-electron chi connectivity index (χ0n) is 11.8. The molecule has 0 aromatic heterocycles. The molecule has 7 heteroatoms.